The minimum absolute atomic E-state index is 0.266. The Kier molecular flexibility index (Phi) is 8.69. The third-order valence-corrected chi connectivity index (χ3v) is 8.10. The fraction of sp³-hybridized carbons (Fsp3) is 0.462. The summed E-state index contributed by atoms with van der Waals surface area (Å²) in [5, 5.41) is 13.5. The number of nitrogens with one attached hydrogen (secondary N) is 1. The summed E-state index contributed by atoms with van der Waals surface area (Å²) in [7, 11) is 4.18. The molecule has 0 aliphatic carbocycles. The Bertz CT molecular complexity index is 1230. The lowest BCUT2D eigenvalue weighted by Gasteiger charge is -2.31. The first-order valence-corrected chi connectivity index (χ1v) is 13.4. The largest absolute Gasteiger partial charge is 0.307 e. The lowest BCUT2D eigenvalue weighted by atomic mass is 10.00. The number of carbonyl (C=O) groups excluding carboxylic acids is 1. The van der Waals surface area contributed by atoms with E-state index in [2.05, 4.69) is 46.2 Å². The van der Waals surface area contributed by atoms with Crippen LogP contribution in [0.5, 0.6) is 0 Å². The van der Waals surface area contributed by atoms with Crippen LogP contribution in [0.3, 0.4) is 0 Å². The molecule has 2 aliphatic heterocycles. The van der Waals surface area contributed by atoms with Gasteiger partial charge in [0.15, 0.2) is 5.82 Å². The minimum atomic E-state index is -0.362. The average molecular weight is 528 g/mol. The molecule has 10 heteroatoms. The number of halogens is 1. The maximum atomic E-state index is 11.3. The maximum absolute atomic E-state index is 11.3. The summed E-state index contributed by atoms with van der Waals surface area (Å²) in [6, 6.07) is 7.29. The van der Waals surface area contributed by atoms with Gasteiger partial charge in [-0.05, 0) is 52.6 Å². The van der Waals surface area contributed by atoms with E-state index in [1.54, 1.807) is 11.3 Å². The van der Waals surface area contributed by atoms with E-state index in [0.29, 0.717) is 10.8 Å². The monoisotopic (exact) mass is 527 g/mol. The van der Waals surface area contributed by atoms with Crippen molar-refractivity contribution < 1.29 is 4.79 Å². The van der Waals surface area contributed by atoms with E-state index in [0.717, 1.165) is 40.6 Å². The Labute approximate surface area is 222 Å². The van der Waals surface area contributed by atoms with Crippen LogP contribution in [0.4, 0.5) is 0 Å². The van der Waals surface area contributed by atoms with Gasteiger partial charge >= 0.3 is 0 Å². The summed E-state index contributed by atoms with van der Waals surface area (Å²) < 4.78 is 2.04. The number of benzene rings is 1. The normalized spacial score (nSPS) is 17.9. The van der Waals surface area contributed by atoms with Crippen molar-refractivity contribution in [2.75, 3.05) is 46.9 Å². The van der Waals surface area contributed by atoms with Gasteiger partial charge < -0.3 is 15.0 Å². The highest BCUT2D eigenvalue weighted by Gasteiger charge is 2.31. The Balaban J connectivity index is 0.000000256. The van der Waals surface area contributed by atoms with Gasteiger partial charge in [0.1, 0.15) is 23.2 Å². The van der Waals surface area contributed by atoms with Crippen LogP contribution in [0.1, 0.15) is 45.7 Å². The predicted octanol–water partition coefficient (Wildman–Crippen LogP) is 3.80. The minimum Gasteiger partial charge on any atom is -0.307 e. The number of carbonyl (C=O) groups is 1. The zero-order valence-corrected chi connectivity index (χ0v) is 23.2. The van der Waals surface area contributed by atoms with Gasteiger partial charge in [-0.25, -0.2) is 0 Å². The second-order valence-corrected chi connectivity index (χ2v) is 10.9. The molecule has 0 amide bonds. The van der Waals surface area contributed by atoms with E-state index in [-0.39, 0.29) is 12.5 Å². The van der Waals surface area contributed by atoms with Crippen molar-refractivity contribution in [3.05, 3.63) is 62.5 Å². The molecule has 1 aromatic carbocycles. The molecule has 2 aliphatic rings. The van der Waals surface area contributed by atoms with Crippen molar-refractivity contribution in [3.8, 4) is 5.00 Å². The molecular formula is C26H34ClN7OS. The second-order valence-electron chi connectivity index (χ2n) is 9.24. The van der Waals surface area contributed by atoms with Crippen molar-refractivity contribution in [3.63, 3.8) is 0 Å². The first-order chi connectivity index (χ1) is 17.3. The molecule has 8 nitrogen and oxygen atoms in total. The van der Waals surface area contributed by atoms with E-state index in [1.165, 1.54) is 36.6 Å². The molecule has 192 valence electrons. The summed E-state index contributed by atoms with van der Waals surface area (Å²) in [4.78, 5) is 22.3. The number of thiophene rings is 1. The Morgan fingerprint density at radius 2 is 1.81 bits per heavy atom. The number of hydrogen-bond acceptors (Lipinski definition) is 8. The van der Waals surface area contributed by atoms with Gasteiger partial charge in [-0.3, -0.25) is 14.5 Å². The fourth-order valence-corrected chi connectivity index (χ4v) is 5.81. The fourth-order valence-electron chi connectivity index (χ4n) is 4.47. The number of likely N-dealkylation sites (N-methyl/N-ethyl adjacent to an activating group) is 1. The zero-order valence-electron chi connectivity index (χ0n) is 21.6. The average Bonchev–Trinajstić information content (AvgIpc) is 3.34. The van der Waals surface area contributed by atoms with E-state index in [4.69, 9.17) is 16.6 Å². The third-order valence-electron chi connectivity index (χ3n) is 6.65. The number of hydrogen-bond donors (Lipinski definition) is 1. The summed E-state index contributed by atoms with van der Waals surface area (Å²) >= 11 is 7.77. The molecule has 0 bridgehead atoms. The van der Waals surface area contributed by atoms with Crippen LogP contribution in [0.2, 0.25) is 5.02 Å². The number of aldehydes is 1. The van der Waals surface area contributed by atoms with E-state index in [9.17, 15) is 4.79 Å². The Morgan fingerprint density at radius 1 is 1.11 bits per heavy atom. The van der Waals surface area contributed by atoms with Gasteiger partial charge in [0, 0.05) is 60.3 Å². The highest BCUT2D eigenvalue weighted by Crippen LogP contribution is 2.39. The molecule has 1 unspecified atom stereocenters. The molecule has 5 rings (SSSR count). The van der Waals surface area contributed by atoms with Crippen molar-refractivity contribution >= 4 is 34.9 Å². The summed E-state index contributed by atoms with van der Waals surface area (Å²) in [5.41, 5.74) is 4.11. The lowest BCUT2D eigenvalue weighted by molar-refractivity contribution is -0.108. The Morgan fingerprint density at radius 3 is 2.44 bits per heavy atom. The summed E-state index contributed by atoms with van der Waals surface area (Å²) in [6.07, 6.45) is 1.15. The summed E-state index contributed by atoms with van der Waals surface area (Å²) in [6.45, 7) is 12.0. The van der Waals surface area contributed by atoms with Gasteiger partial charge in [0.25, 0.3) is 0 Å². The van der Waals surface area contributed by atoms with Gasteiger partial charge in [-0.2, -0.15) is 0 Å². The quantitative estimate of drug-likeness (QED) is 0.508. The third kappa shape index (κ3) is 5.60. The van der Waals surface area contributed by atoms with Crippen molar-refractivity contribution in [1.29, 1.82) is 0 Å². The van der Waals surface area contributed by atoms with Crippen molar-refractivity contribution in [2.24, 2.45) is 4.99 Å². The molecule has 1 saturated heterocycles. The Hall–Kier alpha value is -2.43. The maximum Gasteiger partial charge on any atom is 0.163 e. The molecule has 4 heterocycles. The van der Waals surface area contributed by atoms with Crippen LogP contribution in [-0.4, -0.2) is 83.5 Å². The van der Waals surface area contributed by atoms with E-state index < -0.39 is 0 Å². The van der Waals surface area contributed by atoms with Crippen LogP contribution < -0.4 is 5.32 Å². The van der Waals surface area contributed by atoms with Gasteiger partial charge in [0.2, 0.25) is 0 Å². The molecule has 3 aromatic rings. The highest BCUT2D eigenvalue weighted by atomic mass is 35.5. The molecular weight excluding hydrogens is 494 g/mol. The second kappa shape index (κ2) is 11.7. The smallest absolute Gasteiger partial charge is 0.163 e. The molecule has 0 spiro atoms. The van der Waals surface area contributed by atoms with E-state index >= 15 is 0 Å². The SMILES string of the molecule is CNCN1CCN(C)CC1.Cc1sc2c(c1C)C(c1ccc(Cl)cc1)=NC(CC=O)c1nnc(C)n1-2. The first-order valence-electron chi connectivity index (χ1n) is 12.2. The molecule has 0 saturated carbocycles. The van der Waals surface area contributed by atoms with Gasteiger partial charge in [-0.1, -0.05) is 23.7 Å². The van der Waals surface area contributed by atoms with Gasteiger partial charge in [-0.15, -0.1) is 21.5 Å². The molecule has 0 radical (unpaired) electrons. The number of aliphatic imine (C=N–C) groups is 1. The molecule has 1 atom stereocenters. The first kappa shape index (κ1) is 26.6. The van der Waals surface area contributed by atoms with Crippen LogP contribution in [0.15, 0.2) is 29.3 Å². The van der Waals surface area contributed by atoms with Crippen molar-refractivity contribution in [2.45, 2.75) is 33.2 Å². The lowest BCUT2D eigenvalue weighted by Crippen LogP contribution is -2.47. The summed E-state index contributed by atoms with van der Waals surface area (Å²) in [5.74, 6) is 1.51. The molecule has 1 N–H and O–H groups in total. The molecule has 36 heavy (non-hydrogen) atoms. The molecule has 1 fully saturated rings. The van der Waals surface area contributed by atoms with E-state index in [1.807, 2.05) is 42.8 Å². The standard InChI is InChI=1S/C19H17ClN4OS.C7H17N3/c1-10-11(2)26-19-16(10)17(13-4-6-14(20)7-5-13)21-15(8-9-25)18-23-22-12(3)24(18)19;1-8-7-10-5-3-9(2)4-6-10/h4-7,9,15H,8H2,1-3H3;8H,3-7H2,1-2H3. The van der Waals surface area contributed by atoms with Crippen LogP contribution in [0.25, 0.3) is 5.00 Å². The number of aryl methyl sites for hydroxylation is 2. The number of fused-ring (bicyclic) bond motifs is 3. The topological polar surface area (TPSA) is 78.7 Å². The van der Waals surface area contributed by atoms with Crippen LogP contribution in [0, 0.1) is 20.8 Å². The van der Waals surface area contributed by atoms with Crippen molar-refractivity contribution in [1.82, 2.24) is 29.9 Å². The van der Waals surface area contributed by atoms with Gasteiger partial charge in [0.05, 0.1) is 5.71 Å². The number of piperazine rings is 1. The highest BCUT2D eigenvalue weighted by molar-refractivity contribution is 7.15. The number of rotatable bonds is 5. The number of aromatic nitrogens is 3. The number of nitrogens with zero attached hydrogens (tertiary/aromatic N) is 6. The predicted molar refractivity (Wildman–Crippen MR) is 147 cm³/mol. The van der Waals surface area contributed by atoms with Crippen LogP contribution in [-0.2, 0) is 4.79 Å². The zero-order chi connectivity index (χ0) is 25.8. The van der Waals surface area contributed by atoms with Crippen LogP contribution >= 0.6 is 22.9 Å². The molecule has 2 aromatic heterocycles.